The molecule has 0 spiro atoms. The van der Waals surface area contributed by atoms with E-state index < -0.39 is 5.97 Å². The predicted molar refractivity (Wildman–Crippen MR) is 80.5 cm³/mol. The first-order valence-corrected chi connectivity index (χ1v) is 7.27. The van der Waals surface area contributed by atoms with Gasteiger partial charge in [0.15, 0.2) is 0 Å². The zero-order chi connectivity index (χ0) is 15.8. The second-order valence-corrected chi connectivity index (χ2v) is 6.65. The zero-order valence-electron chi connectivity index (χ0n) is 13.8. The molecule has 0 aromatic carbocycles. The molecular weight excluding hydrogens is 256 g/mol. The first-order chi connectivity index (χ1) is 9.10. The molecule has 0 unspecified atom stereocenters. The fourth-order valence-electron chi connectivity index (χ4n) is 1.53. The van der Waals surface area contributed by atoms with Crippen LogP contribution in [-0.4, -0.2) is 31.7 Å². The average molecular weight is 286 g/mol. The van der Waals surface area contributed by atoms with E-state index in [1.165, 1.54) is 0 Å². The Balaban J connectivity index is 3.80. The van der Waals surface area contributed by atoms with Crippen molar-refractivity contribution in [3.63, 3.8) is 0 Å². The number of urea groups is 1. The number of carbonyl (C=O) groups excluding carboxylic acids is 2. The Kier molecular flexibility index (Phi) is 7.61. The van der Waals surface area contributed by atoms with Gasteiger partial charge in [-0.2, -0.15) is 0 Å². The third-order valence-corrected chi connectivity index (χ3v) is 3.99. The molecule has 5 nitrogen and oxygen atoms in total. The molecule has 20 heavy (non-hydrogen) atoms. The van der Waals surface area contributed by atoms with Crippen molar-refractivity contribution in [1.82, 2.24) is 10.6 Å². The van der Waals surface area contributed by atoms with Gasteiger partial charge in [0.2, 0.25) is 0 Å². The summed E-state index contributed by atoms with van der Waals surface area (Å²) in [5, 5.41) is 5.22. The van der Waals surface area contributed by atoms with Crippen LogP contribution in [0, 0.1) is 10.8 Å². The van der Waals surface area contributed by atoms with Gasteiger partial charge in [-0.25, -0.2) is 4.79 Å². The van der Waals surface area contributed by atoms with Gasteiger partial charge in [-0.15, -0.1) is 0 Å². The quantitative estimate of drug-likeness (QED) is 0.558. The largest absolute Gasteiger partial charge is 0.465 e. The van der Waals surface area contributed by atoms with Gasteiger partial charge in [-0.1, -0.05) is 34.6 Å². The Morgan fingerprint density at radius 2 is 1.65 bits per heavy atom. The van der Waals surface area contributed by atoms with Crippen LogP contribution in [0.3, 0.4) is 0 Å². The maximum Gasteiger partial charge on any atom is 0.325 e. The van der Waals surface area contributed by atoms with Crippen LogP contribution in [0.5, 0.6) is 0 Å². The number of rotatable bonds is 7. The Labute approximate surface area is 122 Å². The van der Waals surface area contributed by atoms with Crippen LogP contribution in [0.2, 0.25) is 0 Å². The van der Waals surface area contributed by atoms with Crippen molar-refractivity contribution in [3.05, 3.63) is 0 Å². The maximum atomic E-state index is 11.4. The zero-order valence-corrected chi connectivity index (χ0v) is 13.8. The van der Waals surface area contributed by atoms with E-state index in [-0.39, 0.29) is 23.4 Å². The van der Waals surface area contributed by atoms with Gasteiger partial charge < -0.3 is 15.4 Å². The van der Waals surface area contributed by atoms with E-state index in [1.807, 2.05) is 0 Å². The van der Waals surface area contributed by atoms with Gasteiger partial charge in [0, 0.05) is 6.54 Å². The van der Waals surface area contributed by atoms with Crippen LogP contribution in [0.15, 0.2) is 0 Å². The van der Waals surface area contributed by atoms with E-state index in [4.69, 9.17) is 4.74 Å². The molecule has 118 valence electrons. The lowest BCUT2D eigenvalue weighted by molar-refractivity contribution is -0.141. The van der Waals surface area contributed by atoms with E-state index in [0.29, 0.717) is 13.2 Å². The standard InChI is InChI=1S/C15H30N2O3/c1-7-20-12(18)11-17-13(19)16-10-8-9-15(5,6)14(2,3)4/h7-11H2,1-6H3,(H2,16,17,19). The molecule has 0 rings (SSSR count). The topological polar surface area (TPSA) is 67.4 Å². The smallest absolute Gasteiger partial charge is 0.325 e. The van der Waals surface area contributed by atoms with E-state index in [0.717, 1.165) is 12.8 Å². The Bertz CT molecular complexity index is 320. The molecule has 5 heteroatoms. The molecule has 0 aliphatic heterocycles. The SMILES string of the molecule is CCOC(=O)CNC(=O)NCCCC(C)(C)C(C)(C)C. The average Bonchev–Trinajstić information content (AvgIpc) is 2.31. The van der Waals surface area contributed by atoms with Gasteiger partial charge in [0.25, 0.3) is 0 Å². The number of ether oxygens (including phenoxy) is 1. The van der Waals surface area contributed by atoms with Crippen LogP contribution in [0.1, 0.15) is 54.4 Å². The predicted octanol–water partition coefficient (Wildman–Crippen LogP) is 2.70. The van der Waals surface area contributed by atoms with E-state index in [2.05, 4.69) is 45.3 Å². The number of amides is 2. The minimum absolute atomic E-state index is 0.0901. The highest BCUT2D eigenvalue weighted by atomic mass is 16.5. The summed E-state index contributed by atoms with van der Waals surface area (Å²) in [6, 6.07) is -0.327. The van der Waals surface area contributed by atoms with Crippen molar-refractivity contribution in [2.24, 2.45) is 10.8 Å². The summed E-state index contributed by atoms with van der Waals surface area (Å²) in [4.78, 5) is 22.5. The minimum Gasteiger partial charge on any atom is -0.465 e. The van der Waals surface area contributed by atoms with Gasteiger partial charge in [-0.3, -0.25) is 4.79 Å². The molecule has 0 aromatic rings. The molecule has 0 heterocycles. The Morgan fingerprint density at radius 3 is 2.15 bits per heavy atom. The molecule has 2 N–H and O–H groups in total. The number of esters is 1. The summed E-state index contributed by atoms with van der Waals surface area (Å²) in [5.41, 5.74) is 0.454. The summed E-state index contributed by atoms with van der Waals surface area (Å²) in [6.07, 6.45) is 1.95. The second kappa shape index (κ2) is 8.12. The summed E-state index contributed by atoms with van der Waals surface area (Å²) in [7, 11) is 0. The highest BCUT2D eigenvalue weighted by molar-refractivity contribution is 5.80. The molecule has 0 bridgehead atoms. The molecule has 0 aromatic heterocycles. The summed E-state index contributed by atoms with van der Waals surface area (Å²) in [5.74, 6) is -0.420. The van der Waals surface area contributed by atoms with Gasteiger partial charge in [0.1, 0.15) is 6.54 Å². The number of nitrogens with one attached hydrogen (secondary N) is 2. The van der Waals surface area contributed by atoms with Gasteiger partial charge in [-0.05, 0) is 30.6 Å². The summed E-state index contributed by atoms with van der Waals surface area (Å²) >= 11 is 0. The molecule has 2 amide bonds. The van der Waals surface area contributed by atoms with Crippen LogP contribution in [-0.2, 0) is 9.53 Å². The summed E-state index contributed by atoms with van der Waals surface area (Å²) in [6.45, 7) is 13.7. The molecule has 0 saturated carbocycles. The van der Waals surface area contributed by atoms with Crippen LogP contribution in [0.4, 0.5) is 4.79 Å². The van der Waals surface area contributed by atoms with Gasteiger partial charge in [0.05, 0.1) is 6.61 Å². The molecule has 0 fully saturated rings. The molecular formula is C15H30N2O3. The van der Waals surface area contributed by atoms with E-state index >= 15 is 0 Å². The maximum absolute atomic E-state index is 11.4. The number of hydrogen-bond acceptors (Lipinski definition) is 3. The lowest BCUT2D eigenvalue weighted by Gasteiger charge is -2.39. The van der Waals surface area contributed by atoms with Gasteiger partial charge >= 0.3 is 12.0 Å². The molecule has 0 atom stereocenters. The normalized spacial score (nSPS) is 11.9. The first kappa shape index (κ1) is 18.7. The van der Waals surface area contributed by atoms with Crippen molar-refractivity contribution < 1.29 is 14.3 Å². The van der Waals surface area contributed by atoms with Crippen LogP contribution < -0.4 is 10.6 Å². The molecule has 0 saturated heterocycles. The molecule has 0 aliphatic carbocycles. The number of hydrogen-bond donors (Lipinski definition) is 2. The third kappa shape index (κ3) is 7.36. The Morgan fingerprint density at radius 1 is 1.05 bits per heavy atom. The fraction of sp³-hybridized carbons (Fsp3) is 0.867. The minimum atomic E-state index is -0.420. The summed E-state index contributed by atoms with van der Waals surface area (Å²) < 4.78 is 4.72. The highest BCUT2D eigenvalue weighted by Crippen LogP contribution is 2.41. The monoisotopic (exact) mass is 286 g/mol. The first-order valence-electron chi connectivity index (χ1n) is 7.27. The van der Waals surface area contributed by atoms with Crippen molar-refractivity contribution >= 4 is 12.0 Å². The van der Waals surface area contributed by atoms with Crippen molar-refractivity contribution in [3.8, 4) is 0 Å². The number of carbonyl (C=O) groups is 2. The highest BCUT2D eigenvalue weighted by Gasteiger charge is 2.31. The van der Waals surface area contributed by atoms with Crippen molar-refractivity contribution in [2.75, 3.05) is 19.7 Å². The van der Waals surface area contributed by atoms with Crippen molar-refractivity contribution in [1.29, 1.82) is 0 Å². The third-order valence-electron chi connectivity index (χ3n) is 3.99. The van der Waals surface area contributed by atoms with E-state index in [9.17, 15) is 9.59 Å². The molecule has 0 aliphatic rings. The van der Waals surface area contributed by atoms with Crippen LogP contribution in [0.25, 0.3) is 0 Å². The lowest BCUT2D eigenvalue weighted by atomic mass is 9.67. The molecule has 0 radical (unpaired) electrons. The van der Waals surface area contributed by atoms with Crippen LogP contribution >= 0.6 is 0 Å². The van der Waals surface area contributed by atoms with E-state index in [1.54, 1.807) is 6.92 Å². The lowest BCUT2D eigenvalue weighted by Crippen LogP contribution is -2.39. The Hall–Kier alpha value is -1.26. The van der Waals surface area contributed by atoms with Crippen molar-refractivity contribution in [2.45, 2.75) is 54.4 Å². The fourth-order valence-corrected chi connectivity index (χ4v) is 1.53. The second-order valence-electron chi connectivity index (χ2n) is 6.65.